The van der Waals surface area contributed by atoms with E-state index in [-0.39, 0.29) is 12.5 Å². The topological polar surface area (TPSA) is 228 Å². The molecule has 0 aliphatic carbocycles. The minimum atomic E-state index is -1.78. The molecule has 0 aromatic heterocycles. The number of hydrogen-bond acceptors (Lipinski definition) is 13. The first-order valence-corrected chi connectivity index (χ1v) is 34.8. The Hall–Kier alpha value is -1.01. The quantitative estimate of drug-likeness (QED) is 0.0259. The highest BCUT2D eigenvalue weighted by Gasteiger charge is 2.51. The second-order valence-electron chi connectivity index (χ2n) is 25.0. The smallest absolute Gasteiger partial charge is 0.220 e. The van der Waals surface area contributed by atoms with Gasteiger partial charge in [0, 0.05) is 6.42 Å². The van der Waals surface area contributed by atoms with Crippen LogP contribution >= 0.6 is 0 Å². The summed E-state index contributed by atoms with van der Waals surface area (Å²) in [5, 5.41) is 87.1. The molecule has 0 radical (unpaired) electrons. The van der Waals surface area contributed by atoms with Crippen molar-refractivity contribution in [1.29, 1.82) is 0 Å². The Kier molecular flexibility index (Phi) is 50.0. The van der Waals surface area contributed by atoms with Gasteiger partial charge in [0.1, 0.15) is 48.8 Å². The van der Waals surface area contributed by atoms with Crippen LogP contribution in [0.5, 0.6) is 0 Å². The lowest BCUT2D eigenvalue weighted by Gasteiger charge is -2.46. The summed E-state index contributed by atoms with van der Waals surface area (Å²) in [5.74, 6) is -0.201. The Balaban J connectivity index is 1.50. The second-order valence-corrected chi connectivity index (χ2v) is 25.0. The van der Waals surface area contributed by atoms with E-state index in [1.807, 2.05) is 0 Å². The molecule has 2 rings (SSSR count). The van der Waals surface area contributed by atoms with Crippen LogP contribution in [-0.4, -0.2) is 140 Å². The largest absolute Gasteiger partial charge is 0.394 e. The van der Waals surface area contributed by atoms with Crippen molar-refractivity contribution in [2.45, 2.75) is 402 Å². The van der Waals surface area contributed by atoms with Gasteiger partial charge in [-0.2, -0.15) is 0 Å². The molecule has 9 N–H and O–H groups in total. The molecule has 0 saturated carbocycles. The average Bonchev–Trinajstić information content (AvgIpc) is 3.51. The molecule has 2 fully saturated rings. The van der Waals surface area contributed by atoms with Gasteiger partial charge >= 0.3 is 0 Å². The SMILES string of the molecule is CCCCCCCCCCCCCCCCCCCCCCCCCCCCCCCCCCCCCCCCC(=O)NC(COC1OC(CO)C(OC2OC(CO)C(O)C(O)C2O)C(O)C1O)C(O)CCCCCCCCCCC. The summed E-state index contributed by atoms with van der Waals surface area (Å²) >= 11 is 0. The molecule has 1 amide bonds. The van der Waals surface area contributed by atoms with E-state index < -0.39 is 86.8 Å². The molecular formula is C67H131NO13. The van der Waals surface area contributed by atoms with Gasteiger partial charge in [-0.05, 0) is 12.8 Å². The molecule has 81 heavy (non-hydrogen) atoms. The van der Waals surface area contributed by atoms with Crippen LogP contribution < -0.4 is 5.32 Å². The molecule has 0 spiro atoms. The zero-order valence-corrected chi connectivity index (χ0v) is 52.3. The van der Waals surface area contributed by atoms with E-state index in [1.165, 1.54) is 250 Å². The van der Waals surface area contributed by atoms with Gasteiger partial charge in [0.2, 0.25) is 5.91 Å². The molecule has 0 bridgehead atoms. The van der Waals surface area contributed by atoms with E-state index >= 15 is 0 Å². The van der Waals surface area contributed by atoms with Gasteiger partial charge in [0.25, 0.3) is 0 Å². The van der Waals surface area contributed by atoms with Crippen molar-refractivity contribution in [3.05, 3.63) is 0 Å². The fraction of sp³-hybridized carbons (Fsp3) is 0.985. The highest BCUT2D eigenvalue weighted by molar-refractivity contribution is 5.76. The molecule has 2 aliphatic heterocycles. The second kappa shape index (κ2) is 53.2. The monoisotopic (exact) mass is 1160 g/mol. The van der Waals surface area contributed by atoms with Crippen molar-refractivity contribution in [2.24, 2.45) is 0 Å². The Morgan fingerprint density at radius 3 is 1.05 bits per heavy atom. The van der Waals surface area contributed by atoms with Crippen LogP contribution in [0.1, 0.15) is 328 Å². The van der Waals surface area contributed by atoms with E-state index in [4.69, 9.17) is 18.9 Å². The molecule has 12 atom stereocenters. The standard InChI is InChI=1S/C67H131NO13/c1-3-5-7-9-11-13-14-15-16-17-18-19-20-21-22-23-24-25-26-27-28-29-30-31-32-33-34-35-36-37-38-39-40-41-43-45-47-49-51-59(72)68-55(56(71)50-48-46-44-42-12-10-8-6-4-2)54-78-66-64(77)62(75)65(58(53-70)80-66)81-67-63(76)61(74)60(73)57(52-69)79-67/h55-58,60-67,69-71,73-77H,3-54H2,1-2H3,(H,68,72). The lowest BCUT2D eigenvalue weighted by molar-refractivity contribution is -0.359. The first kappa shape index (κ1) is 76.1. The third kappa shape index (κ3) is 38.0. The van der Waals surface area contributed by atoms with Crippen molar-refractivity contribution in [3.8, 4) is 0 Å². The lowest BCUT2D eigenvalue weighted by Crippen LogP contribution is -2.65. The van der Waals surface area contributed by atoms with Gasteiger partial charge in [0.05, 0.1) is 32.0 Å². The zero-order valence-electron chi connectivity index (χ0n) is 52.3. The van der Waals surface area contributed by atoms with Crippen molar-refractivity contribution < 1.29 is 64.6 Å². The summed E-state index contributed by atoms with van der Waals surface area (Å²) in [6.45, 7) is 2.87. The normalized spacial score (nSPS) is 24.0. The van der Waals surface area contributed by atoms with Crippen LogP contribution in [0.4, 0.5) is 0 Å². The highest BCUT2D eigenvalue weighted by Crippen LogP contribution is 2.30. The Labute approximate surface area is 495 Å². The lowest BCUT2D eigenvalue weighted by atomic mass is 9.97. The first-order chi connectivity index (χ1) is 39.6. The summed E-state index contributed by atoms with van der Waals surface area (Å²) in [4.78, 5) is 13.3. The molecule has 482 valence electrons. The number of carbonyl (C=O) groups excluding carboxylic acids is 1. The van der Waals surface area contributed by atoms with Crippen molar-refractivity contribution in [1.82, 2.24) is 5.32 Å². The highest BCUT2D eigenvalue weighted by atomic mass is 16.7. The molecule has 14 heteroatoms. The van der Waals surface area contributed by atoms with Gasteiger partial charge in [-0.15, -0.1) is 0 Å². The van der Waals surface area contributed by atoms with Crippen molar-refractivity contribution in [2.75, 3.05) is 19.8 Å². The summed E-state index contributed by atoms with van der Waals surface area (Å²) in [7, 11) is 0. The molecule has 12 unspecified atom stereocenters. The van der Waals surface area contributed by atoms with Gasteiger partial charge < -0.3 is 65.1 Å². The minimum absolute atomic E-state index is 0.201. The molecule has 2 aliphatic rings. The summed E-state index contributed by atoms with van der Waals surface area (Å²) in [5.41, 5.74) is 0. The Morgan fingerprint density at radius 1 is 0.395 bits per heavy atom. The number of rotatable bonds is 58. The van der Waals surface area contributed by atoms with Gasteiger partial charge in [-0.1, -0.05) is 309 Å². The molecule has 14 nitrogen and oxygen atoms in total. The van der Waals surface area contributed by atoms with Crippen LogP contribution in [0, 0.1) is 0 Å². The maximum Gasteiger partial charge on any atom is 0.220 e. The van der Waals surface area contributed by atoms with E-state index in [0.717, 1.165) is 51.4 Å². The number of ether oxygens (including phenoxy) is 4. The van der Waals surface area contributed by atoms with Crippen LogP contribution in [0.15, 0.2) is 0 Å². The van der Waals surface area contributed by atoms with Crippen LogP contribution in [0.3, 0.4) is 0 Å². The Bertz CT molecular complexity index is 1360. The number of hydrogen-bond donors (Lipinski definition) is 9. The third-order valence-corrected chi connectivity index (χ3v) is 17.6. The van der Waals surface area contributed by atoms with Crippen LogP contribution in [0.25, 0.3) is 0 Å². The van der Waals surface area contributed by atoms with Gasteiger partial charge in [-0.3, -0.25) is 4.79 Å². The molecule has 0 aromatic carbocycles. The van der Waals surface area contributed by atoms with Gasteiger partial charge in [-0.25, -0.2) is 0 Å². The number of amides is 1. The number of nitrogens with one attached hydrogen (secondary N) is 1. The number of aliphatic hydroxyl groups is 8. The number of unbranched alkanes of at least 4 members (excludes halogenated alkanes) is 45. The minimum Gasteiger partial charge on any atom is -0.394 e. The van der Waals surface area contributed by atoms with Crippen molar-refractivity contribution in [3.63, 3.8) is 0 Å². The summed E-state index contributed by atoms with van der Waals surface area (Å²) < 4.78 is 22.8. The van der Waals surface area contributed by atoms with Crippen LogP contribution in [-0.2, 0) is 23.7 Å². The predicted octanol–water partition coefficient (Wildman–Crippen LogP) is 13.6. The maximum absolute atomic E-state index is 13.3. The number of carbonyl (C=O) groups is 1. The Morgan fingerprint density at radius 2 is 0.704 bits per heavy atom. The number of aliphatic hydroxyl groups excluding tert-OH is 8. The molecule has 0 aromatic rings. The van der Waals surface area contributed by atoms with Gasteiger partial charge in [0.15, 0.2) is 12.6 Å². The van der Waals surface area contributed by atoms with E-state index in [2.05, 4.69) is 19.2 Å². The fourth-order valence-electron chi connectivity index (χ4n) is 12.0. The molecular weight excluding hydrogens is 1030 g/mol. The van der Waals surface area contributed by atoms with E-state index in [0.29, 0.717) is 12.8 Å². The zero-order chi connectivity index (χ0) is 58.8. The third-order valence-electron chi connectivity index (χ3n) is 17.6. The molecule has 2 heterocycles. The molecule has 2 saturated heterocycles. The fourth-order valence-corrected chi connectivity index (χ4v) is 12.0. The first-order valence-electron chi connectivity index (χ1n) is 34.8. The summed E-state index contributed by atoms with van der Waals surface area (Å²) in [6.07, 6.45) is 46.2. The average molecular weight is 1160 g/mol. The summed E-state index contributed by atoms with van der Waals surface area (Å²) in [6, 6.07) is -0.821. The maximum atomic E-state index is 13.3. The predicted molar refractivity (Wildman–Crippen MR) is 328 cm³/mol. The van der Waals surface area contributed by atoms with E-state index in [1.54, 1.807) is 0 Å². The van der Waals surface area contributed by atoms with Crippen molar-refractivity contribution >= 4 is 5.91 Å². The van der Waals surface area contributed by atoms with Crippen LogP contribution in [0.2, 0.25) is 0 Å². The van der Waals surface area contributed by atoms with E-state index in [9.17, 15) is 45.6 Å².